The molecular weight excluding hydrogens is 288 g/mol. The second kappa shape index (κ2) is 5.63. The van der Waals surface area contributed by atoms with E-state index in [1.54, 1.807) is 6.07 Å². The molecule has 116 valence electrons. The van der Waals surface area contributed by atoms with Gasteiger partial charge in [0.05, 0.1) is 0 Å². The monoisotopic (exact) mass is 304 g/mol. The predicted octanol–water partition coefficient (Wildman–Crippen LogP) is 2.33. The lowest BCUT2D eigenvalue weighted by Gasteiger charge is -2.33. The first-order valence-electron chi connectivity index (χ1n) is 6.54. The molecule has 0 saturated carbocycles. The van der Waals surface area contributed by atoms with Crippen LogP contribution >= 0.6 is 0 Å². The molecule has 0 aromatic heterocycles. The van der Waals surface area contributed by atoms with Crippen LogP contribution in [-0.4, -0.2) is 37.1 Å². The minimum absolute atomic E-state index is 0.0611. The van der Waals surface area contributed by atoms with Crippen LogP contribution in [0.25, 0.3) is 0 Å². The highest BCUT2D eigenvalue weighted by molar-refractivity contribution is 5.84. The molecule has 1 N–H and O–H groups in total. The van der Waals surface area contributed by atoms with Gasteiger partial charge >= 0.3 is 6.18 Å². The van der Waals surface area contributed by atoms with Crippen LogP contribution in [-0.2, 0) is 11.3 Å². The van der Waals surface area contributed by atoms with Gasteiger partial charge in [-0.25, -0.2) is 4.39 Å². The molecule has 7 heteroatoms. The van der Waals surface area contributed by atoms with E-state index in [-0.39, 0.29) is 19.5 Å². The summed E-state index contributed by atoms with van der Waals surface area (Å²) in [6.07, 6.45) is -4.88. The Morgan fingerprint density at radius 3 is 2.67 bits per heavy atom. The number of alkyl halides is 3. The minimum Gasteiger partial charge on any atom is -0.341 e. The Bertz CT molecular complexity index is 524. The van der Waals surface area contributed by atoms with E-state index in [0.717, 1.165) is 4.90 Å². The molecule has 1 heterocycles. The number of amides is 1. The van der Waals surface area contributed by atoms with Gasteiger partial charge in [0.25, 0.3) is 0 Å². The summed E-state index contributed by atoms with van der Waals surface area (Å²) in [7, 11) is 1.30. The van der Waals surface area contributed by atoms with Crippen LogP contribution in [0.4, 0.5) is 17.6 Å². The highest BCUT2D eigenvalue weighted by Gasteiger charge is 2.62. The van der Waals surface area contributed by atoms with Crippen LogP contribution in [0.1, 0.15) is 12.0 Å². The SMILES string of the molecule is CN(Cc1cccc(F)c1)C(=O)C1(C(F)(F)F)CCNC1. The second-order valence-electron chi connectivity index (χ2n) is 5.30. The Hall–Kier alpha value is -1.63. The van der Waals surface area contributed by atoms with Crippen molar-refractivity contribution in [1.82, 2.24) is 10.2 Å². The first-order chi connectivity index (χ1) is 9.76. The van der Waals surface area contributed by atoms with Gasteiger partial charge in [-0.2, -0.15) is 13.2 Å². The lowest BCUT2D eigenvalue weighted by molar-refractivity contribution is -0.221. The van der Waals surface area contributed by atoms with E-state index in [1.165, 1.54) is 25.2 Å². The van der Waals surface area contributed by atoms with Gasteiger partial charge in [0.2, 0.25) is 5.91 Å². The van der Waals surface area contributed by atoms with E-state index in [2.05, 4.69) is 5.32 Å². The van der Waals surface area contributed by atoms with Crippen LogP contribution in [0.3, 0.4) is 0 Å². The molecule has 1 amide bonds. The zero-order valence-electron chi connectivity index (χ0n) is 11.5. The molecule has 0 spiro atoms. The second-order valence-corrected chi connectivity index (χ2v) is 5.30. The van der Waals surface area contributed by atoms with Crippen molar-refractivity contribution in [2.45, 2.75) is 19.1 Å². The molecule has 21 heavy (non-hydrogen) atoms. The maximum Gasteiger partial charge on any atom is 0.404 e. The van der Waals surface area contributed by atoms with Gasteiger partial charge in [0, 0.05) is 20.1 Å². The highest BCUT2D eigenvalue weighted by atomic mass is 19.4. The Kier molecular flexibility index (Phi) is 4.22. The summed E-state index contributed by atoms with van der Waals surface area (Å²) in [6.45, 7) is -0.323. The zero-order chi connectivity index (χ0) is 15.7. The number of hydrogen-bond donors (Lipinski definition) is 1. The molecule has 3 nitrogen and oxygen atoms in total. The number of halogens is 4. The Labute approximate surface area is 119 Å². The number of carbonyl (C=O) groups is 1. The molecule has 0 bridgehead atoms. The average molecular weight is 304 g/mol. The predicted molar refractivity (Wildman–Crippen MR) is 68.8 cm³/mol. The van der Waals surface area contributed by atoms with Crippen molar-refractivity contribution < 1.29 is 22.4 Å². The van der Waals surface area contributed by atoms with Gasteiger partial charge in [0.15, 0.2) is 5.41 Å². The minimum atomic E-state index is -4.61. The Balaban J connectivity index is 2.18. The summed E-state index contributed by atoms with van der Waals surface area (Å²) < 4.78 is 52.9. The van der Waals surface area contributed by atoms with Gasteiger partial charge in [-0.1, -0.05) is 12.1 Å². The van der Waals surface area contributed by atoms with Crippen molar-refractivity contribution in [3.8, 4) is 0 Å². The number of nitrogens with zero attached hydrogens (tertiary/aromatic N) is 1. The smallest absolute Gasteiger partial charge is 0.341 e. The van der Waals surface area contributed by atoms with Crippen molar-refractivity contribution in [1.29, 1.82) is 0 Å². The maximum atomic E-state index is 13.3. The number of nitrogens with one attached hydrogen (secondary N) is 1. The average Bonchev–Trinajstić information content (AvgIpc) is 2.87. The molecule has 1 unspecified atom stereocenters. The summed E-state index contributed by atoms with van der Waals surface area (Å²) in [4.78, 5) is 13.3. The first kappa shape index (κ1) is 15.8. The first-order valence-corrected chi connectivity index (χ1v) is 6.54. The quantitative estimate of drug-likeness (QED) is 0.869. The molecule has 1 aliphatic rings. The molecule has 1 aromatic rings. The van der Waals surface area contributed by atoms with Crippen LogP contribution in [0.15, 0.2) is 24.3 Å². The molecule has 2 rings (SSSR count). The van der Waals surface area contributed by atoms with Crippen LogP contribution in [0.2, 0.25) is 0 Å². The summed E-state index contributed by atoms with van der Waals surface area (Å²) in [5, 5.41) is 2.60. The number of benzene rings is 1. The zero-order valence-corrected chi connectivity index (χ0v) is 11.5. The van der Waals surface area contributed by atoms with E-state index >= 15 is 0 Å². The van der Waals surface area contributed by atoms with Gasteiger partial charge in [-0.15, -0.1) is 0 Å². The van der Waals surface area contributed by atoms with E-state index in [1.807, 2.05) is 0 Å². The van der Waals surface area contributed by atoms with Crippen LogP contribution in [0, 0.1) is 11.2 Å². The molecule has 0 radical (unpaired) electrons. The van der Waals surface area contributed by atoms with Crippen LogP contribution < -0.4 is 5.32 Å². The van der Waals surface area contributed by atoms with Crippen molar-refractivity contribution >= 4 is 5.91 Å². The van der Waals surface area contributed by atoms with Crippen LogP contribution in [0.5, 0.6) is 0 Å². The third-order valence-electron chi connectivity index (χ3n) is 3.76. The summed E-state index contributed by atoms with van der Waals surface area (Å²) >= 11 is 0. The molecular formula is C14H16F4N2O. The van der Waals surface area contributed by atoms with Crippen molar-refractivity contribution in [2.75, 3.05) is 20.1 Å². The maximum absolute atomic E-state index is 13.3. The molecule has 1 aromatic carbocycles. The van der Waals surface area contributed by atoms with E-state index in [0.29, 0.717) is 5.56 Å². The summed E-state index contributed by atoms with van der Waals surface area (Å²) in [6, 6.07) is 5.47. The third-order valence-corrected chi connectivity index (χ3v) is 3.76. The highest BCUT2D eigenvalue weighted by Crippen LogP contribution is 2.44. The molecule has 0 aliphatic carbocycles. The topological polar surface area (TPSA) is 32.3 Å². The molecule has 1 atom stereocenters. The Morgan fingerprint density at radius 2 is 2.14 bits per heavy atom. The summed E-state index contributed by atoms with van der Waals surface area (Å²) in [5.41, 5.74) is -1.93. The number of rotatable bonds is 3. The van der Waals surface area contributed by atoms with Gasteiger partial charge in [-0.3, -0.25) is 4.79 Å². The molecule has 1 fully saturated rings. The fraction of sp³-hybridized carbons (Fsp3) is 0.500. The fourth-order valence-electron chi connectivity index (χ4n) is 2.58. The van der Waals surface area contributed by atoms with Crippen molar-refractivity contribution in [2.24, 2.45) is 5.41 Å². The number of carbonyl (C=O) groups excluding carboxylic acids is 1. The third kappa shape index (κ3) is 3.02. The summed E-state index contributed by atoms with van der Waals surface area (Å²) in [5.74, 6) is -1.47. The standard InChI is InChI=1S/C14H16F4N2O/c1-20(8-10-3-2-4-11(15)7-10)12(21)13(14(16,17)18)5-6-19-9-13/h2-4,7,19H,5-6,8-9H2,1H3. The van der Waals surface area contributed by atoms with Crippen molar-refractivity contribution in [3.05, 3.63) is 35.6 Å². The molecule has 1 saturated heterocycles. The fourth-order valence-corrected chi connectivity index (χ4v) is 2.58. The van der Waals surface area contributed by atoms with Crippen molar-refractivity contribution in [3.63, 3.8) is 0 Å². The lowest BCUT2D eigenvalue weighted by Crippen LogP contribution is -2.52. The van der Waals surface area contributed by atoms with Gasteiger partial charge < -0.3 is 10.2 Å². The van der Waals surface area contributed by atoms with Gasteiger partial charge in [-0.05, 0) is 30.7 Å². The largest absolute Gasteiger partial charge is 0.404 e. The number of hydrogen-bond acceptors (Lipinski definition) is 2. The lowest BCUT2D eigenvalue weighted by atomic mass is 9.84. The Morgan fingerprint density at radius 1 is 1.43 bits per heavy atom. The van der Waals surface area contributed by atoms with E-state index < -0.39 is 29.9 Å². The van der Waals surface area contributed by atoms with Gasteiger partial charge in [0.1, 0.15) is 5.82 Å². The van der Waals surface area contributed by atoms with E-state index in [4.69, 9.17) is 0 Å². The molecule has 1 aliphatic heterocycles. The normalized spacial score (nSPS) is 22.3. The van der Waals surface area contributed by atoms with E-state index in [9.17, 15) is 22.4 Å².